The predicted molar refractivity (Wildman–Crippen MR) is 94.6 cm³/mol. The summed E-state index contributed by atoms with van der Waals surface area (Å²) >= 11 is 0. The summed E-state index contributed by atoms with van der Waals surface area (Å²) in [6, 6.07) is 5.36. The van der Waals surface area contributed by atoms with Gasteiger partial charge in [0.05, 0.1) is 6.04 Å². The summed E-state index contributed by atoms with van der Waals surface area (Å²) < 4.78 is 4.81. The normalized spacial score (nSPS) is 19.6. The maximum absolute atomic E-state index is 13.1. The third kappa shape index (κ3) is 3.09. The summed E-state index contributed by atoms with van der Waals surface area (Å²) in [5, 5.41) is 10.8. The number of hydrogen-bond acceptors (Lipinski definition) is 5. The van der Waals surface area contributed by atoms with Crippen LogP contribution in [0, 0.1) is 19.8 Å². The van der Waals surface area contributed by atoms with Crippen molar-refractivity contribution in [1.82, 2.24) is 15.2 Å². The molecule has 7 nitrogen and oxygen atoms in total. The average molecular weight is 354 g/mol. The summed E-state index contributed by atoms with van der Waals surface area (Å²) in [6.07, 6.45) is 3.66. The Hall–Kier alpha value is -2.70. The molecule has 0 spiro atoms. The van der Waals surface area contributed by atoms with Crippen molar-refractivity contribution in [3.05, 3.63) is 40.7 Å². The van der Waals surface area contributed by atoms with Crippen LogP contribution in [-0.2, 0) is 4.79 Å². The molecule has 1 aromatic carbocycles. The Kier molecular flexibility index (Phi) is 4.22. The predicted octanol–water partition coefficient (Wildman–Crippen LogP) is 3.01. The molecule has 136 valence electrons. The van der Waals surface area contributed by atoms with E-state index in [0.717, 1.165) is 42.6 Å². The van der Waals surface area contributed by atoms with Crippen molar-refractivity contribution in [2.75, 3.05) is 11.9 Å². The van der Waals surface area contributed by atoms with Gasteiger partial charge in [0.15, 0.2) is 0 Å². The smallest absolute Gasteiger partial charge is 0.254 e. The van der Waals surface area contributed by atoms with Crippen LogP contribution >= 0.6 is 0 Å². The van der Waals surface area contributed by atoms with Gasteiger partial charge < -0.3 is 10.2 Å². The molecule has 1 atom stereocenters. The first-order chi connectivity index (χ1) is 12.5. The maximum atomic E-state index is 13.1. The minimum Gasteiger partial charge on any atom is -0.330 e. The molecule has 0 unspecified atom stereocenters. The molecule has 2 aliphatic rings. The summed E-state index contributed by atoms with van der Waals surface area (Å²) in [4.78, 5) is 27.0. The van der Waals surface area contributed by atoms with Gasteiger partial charge >= 0.3 is 0 Å². The largest absolute Gasteiger partial charge is 0.330 e. The summed E-state index contributed by atoms with van der Waals surface area (Å²) in [5.41, 5.74) is 3.68. The van der Waals surface area contributed by atoms with Gasteiger partial charge in [-0.1, -0.05) is 16.4 Å². The van der Waals surface area contributed by atoms with Gasteiger partial charge in [-0.3, -0.25) is 9.59 Å². The fraction of sp³-hybridized carbons (Fsp3) is 0.474. The molecule has 1 aliphatic carbocycles. The van der Waals surface area contributed by atoms with Gasteiger partial charge in [-0.2, -0.15) is 0 Å². The third-order valence-electron chi connectivity index (χ3n) is 5.21. The van der Waals surface area contributed by atoms with Crippen LogP contribution in [0.25, 0.3) is 0 Å². The SMILES string of the molecule is Cc1ccc(C(=O)N2CCC[C@H]2c2nonc2C)cc1NC(=O)C1CC1. The highest BCUT2D eigenvalue weighted by Crippen LogP contribution is 2.34. The van der Waals surface area contributed by atoms with Gasteiger partial charge in [0.2, 0.25) is 5.91 Å². The van der Waals surface area contributed by atoms with Crippen LogP contribution in [0.4, 0.5) is 5.69 Å². The van der Waals surface area contributed by atoms with E-state index in [0.29, 0.717) is 17.8 Å². The molecule has 0 radical (unpaired) electrons. The first-order valence-electron chi connectivity index (χ1n) is 9.06. The first-order valence-corrected chi connectivity index (χ1v) is 9.06. The van der Waals surface area contributed by atoms with E-state index >= 15 is 0 Å². The molecule has 1 saturated carbocycles. The fourth-order valence-electron chi connectivity index (χ4n) is 3.47. The molecule has 2 fully saturated rings. The molecule has 7 heteroatoms. The number of aromatic nitrogens is 2. The Labute approximate surface area is 151 Å². The van der Waals surface area contributed by atoms with E-state index in [2.05, 4.69) is 15.6 Å². The molecular weight excluding hydrogens is 332 g/mol. The highest BCUT2D eigenvalue weighted by atomic mass is 16.6. The second-order valence-corrected chi connectivity index (χ2v) is 7.18. The second kappa shape index (κ2) is 6.55. The molecule has 2 amide bonds. The van der Waals surface area contributed by atoms with E-state index in [1.54, 1.807) is 6.07 Å². The minimum absolute atomic E-state index is 0.0426. The van der Waals surface area contributed by atoms with Crippen molar-refractivity contribution < 1.29 is 14.2 Å². The van der Waals surface area contributed by atoms with Gasteiger partial charge in [-0.25, -0.2) is 4.63 Å². The quantitative estimate of drug-likeness (QED) is 0.912. The van der Waals surface area contributed by atoms with E-state index in [-0.39, 0.29) is 23.8 Å². The monoisotopic (exact) mass is 354 g/mol. The van der Waals surface area contributed by atoms with E-state index in [4.69, 9.17) is 4.63 Å². The second-order valence-electron chi connectivity index (χ2n) is 7.18. The molecule has 0 bridgehead atoms. The summed E-state index contributed by atoms with van der Waals surface area (Å²) in [6.45, 7) is 4.44. The van der Waals surface area contributed by atoms with Gasteiger partial charge in [0.25, 0.3) is 5.91 Å². The van der Waals surface area contributed by atoms with Crippen LogP contribution < -0.4 is 5.32 Å². The lowest BCUT2D eigenvalue weighted by Gasteiger charge is -2.23. The van der Waals surface area contributed by atoms with Crippen LogP contribution in [0.15, 0.2) is 22.8 Å². The molecule has 1 aliphatic heterocycles. The minimum atomic E-state index is -0.112. The van der Waals surface area contributed by atoms with Gasteiger partial charge in [0, 0.05) is 23.7 Å². The number of likely N-dealkylation sites (tertiary alicyclic amines) is 1. The molecule has 2 aromatic rings. The number of nitrogens with one attached hydrogen (secondary N) is 1. The maximum Gasteiger partial charge on any atom is 0.254 e. The highest BCUT2D eigenvalue weighted by molar-refractivity contribution is 5.99. The lowest BCUT2D eigenvalue weighted by atomic mass is 10.1. The zero-order chi connectivity index (χ0) is 18.3. The lowest BCUT2D eigenvalue weighted by molar-refractivity contribution is -0.117. The number of carbonyl (C=O) groups excluding carboxylic acids is 2. The molecule has 4 rings (SSSR count). The van der Waals surface area contributed by atoms with Crippen LogP contribution in [0.3, 0.4) is 0 Å². The van der Waals surface area contributed by atoms with Crippen molar-refractivity contribution in [2.24, 2.45) is 5.92 Å². The first kappa shape index (κ1) is 16.8. The number of nitrogens with zero attached hydrogens (tertiary/aromatic N) is 3. The van der Waals surface area contributed by atoms with Crippen molar-refractivity contribution in [2.45, 2.75) is 45.6 Å². The number of amides is 2. The van der Waals surface area contributed by atoms with E-state index in [1.165, 1.54) is 0 Å². The number of hydrogen-bond donors (Lipinski definition) is 1. The van der Waals surface area contributed by atoms with E-state index in [1.807, 2.05) is 30.9 Å². The molecule has 26 heavy (non-hydrogen) atoms. The fourth-order valence-corrected chi connectivity index (χ4v) is 3.47. The third-order valence-corrected chi connectivity index (χ3v) is 5.21. The van der Waals surface area contributed by atoms with Crippen LogP contribution in [0.2, 0.25) is 0 Å². The zero-order valence-corrected chi connectivity index (χ0v) is 15.0. The van der Waals surface area contributed by atoms with E-state index in [9.17, 15) is 9.59 Å². The standard InChI is InChI=1S/C19H22N4O3/c1-11-5-6-14(10-15(11)20-18(24)13-7-8-13)19(25)23-9-3-4-16(23)17-12(2)21-26-22-17/h5-6,10,13,16H,3-4,7-9H2,1-2H3,(H,20,24)/t16-/m0/s1. The Balaban J connectivity index is 1.57. The highest BCUT2D eigenvalue weighted by Gasteiger charge is 2.34. The lowest BCUT2D eigenvalue weighted by Crippen LogP contribution is -2.31. The Morgan fingerprint density at radius 1 is 1.19 bits per heavy atom. The number of benzene rings is 1. The van der Waals surface area contributed by atoms with Crippen molar-refractivity contribution in [3.63, 3.8) is 0 Å². The van der Waals surface area contributed by atoms with Crippen molar-refractivity contribution >= 4 is 17.5 Å². The van der Waals surface area contributed by atoms with Gasteiger partial charge in [-0.05, 0) is 57.2 Å². The summed E-state index contributed by atoms with van der Waals surface area (Å²) in [7, 11) is 0. The van der Waals surface area contributed by atoms with Crippen molar-refractivity contribution in [1.29, 1.82) is 0 Å². The number of rotatable bonds is 4. The molecule has 1 saturated heterocycles. The topological polar surface area (TPSA) is 88.3 Å². The van der Waals surface area contributed by atoms with Crippen LogP contribution in [0.1, 0.15) is 59.0 Å². The molecule has 2 heterocycles. The molecular formula is C19H22N4O3. The number of carbonyl (C=O) groups is 2. The van der Waals surface area contributed by atoms with Gasteiger partial charge in [-0.15, -0.1) is 0 Å². The Bertz CT molecular complexity index is 856. The Morgan fingerprint density at radius 3 is 2.69 bits per heavy atom. The van der Waals surface area contributed by atoms with Crippen LogP contribution in [-0.4, -0.2) is 33.6 Å². The zero-order valence-electron chi connectivity index (χ0n) is 15.0. The average Bonchev–Trinajstić information content (AvgIpc) is 3.23. The van der Waals surface area contributed by atoms with Gasteiger partial charge in [0.1, 0.15) is 11.4 Å². The van der Waals surface area contributed by atoms with Crippen LogP contribution in [0.5, 0.6) is 0 Å². The Morgan fingerprint density at radius 2 is 2.00 bits per heavy atom. The molecule has 1 N–H and O–H groups in total. The summed E-state index contributed by atoms with van der Waals surface area (Å²) in [5.74, 6) is 0.109. The molecule has 1 aromatic heterocycles. The van der Waals surface area contributed by atoms with E-state index < -0.39 is 0 Å². The van der Waals surface area contributed by atoms with Crippen molar-refractivity contribution in [3.8, 4) is 0 Å². The number of aryl methyl sites for hydroxylation is 2. The number of anilines is 1.